The standard InChI is InChI=1S/C32H36N2O5/c1-38-26-12-13-29(33-32(37)24-6-3-2-4-7-24)30(19-26)34-16-14-22(15-17-34)21-39-27-9-5-8-25(18-27)28(20-31(35)36)23-10-11-23/h2-9,12-13,18-19,22-23,28H,10-11,14-17,20-21H2,1H3,(H,33,37)(H,35,36). The molecule has 7 nitrogen and oxygen atoms in total. The number of carbonyl (C=O) groups is 2. The van der Waals surface area contributed by atoms with Crippen LogP contribution in [0.4, 0.5) is 11.4 Å². The molecule has 1 heterocycles. The van der Waals surface area contributed by atoms with Gasteiger partial charge < -0.3 is 24.8 Å². The molecule has 39 heavy (non-hydrogen) atoms. The molecule has 2 N–H and O–H groups in total. The van der Waals surface area contributed by atoms with Gasteiger partial charge in [-0.1, -0.05) is 30.3 Å². The number of rotatable bonds is 11. The lowest BCUT2D eigenvalue weighted by Gasteiger charge is -2.34. The summed E-state index contributed by atoms with van der Waals surface area (Å²) in [5, 5.41) is 12.4. The highest BCUT2D eigenvalue weighted by atomic mass is 16.5. The van der Waals surface area contributed by atoms with Crippen molar-refractivity contribution in [3.8, 4) is 11.5 Å². The minimum atomic E-state index is -0.746. The lowest BCUT2D eigenvalue weighted by atomic mass is 9.91. The normalized spacial score (nSPS) is 16.4. The summed E-state index contributed by atoms with van der Waals surface area (Å²) in [5.41, 5.74) is 3.40. The molecule has 0 radical (unpaired) electrons. The van der Waals surface area contributed by atoms with Crippen LogP contribution in [0.1, 0.15) is 53.9 Å². The summed E-state index contributed by atoms with van der Waals surface area (Å²) in [7, 11) is 1.65. The van der Waals surface area contributed by atoms with Crippen molar-refractivity contribution in [2.45, 2.75) is 38.0 Å². The number of hydrogen-bond donors (Lipinski definition) is 2. The van der Waals surface area contributed by atoms with Gasteiger partial charge in [0.2, 0.25) is 0 Å². The molecule has 7 heteroatoms. The number of carbonyl (C=O) groups excluding carboxylic acids is 1. The lowest BCUT2D eigenvalue weighted by molar-refractivity contribution is -0.137. The monoisotopic (exact) mass is 528 g/mol. The van der Waals surface area contributed by atoms with Gasteiger partial charge in [0.15, 0.2) is 0 Å². The van der Waals surface area contributed by atoms with Crippen molar-refractivity contribution in [2.75, 3.05) is 37.0 Å². The second kappa shape index (κ2) is 12.2. The summed E-state index contributed by atoms with van der Waals surface area (Å²) in [6.45, 7) is 2.32. The van der Waals surface area contributed by atoms with E-state index >= 15 is 0 Å². The molecule has 5 rings (SSSR count). The second-order valence-corrected chi connectivity index (χ2v) is 10.6. The van der Waals surface area contributed by atoms with E-state index in [1.807, 2.05) is 60.7 Å². The Kier molecular flexibility index (Phi) is 8.35. The Morgan fingerprint density at radius 2 is 1.72 bits per heavy atom. The van der Waals surface area contributed by atoms with Crippen LogP contribution >= 0.6 is 0 Å². The number of methoxy groups -OCH3 is 1. The minimum Gasteiger partial charge on any atom is -0.497 e. The molecule has 1 atom stereocenters. The molecule has 1 saturated carbocycles. The number of carboxylic acids is 1. The first-order chi connectivity index (χ1) is 19.0. The fourth-order valence-electron chi connectivity index (χ4n) is 5.42. The first kappa shape index (κ1) is 26.6. The van der Waals surface area contributed by atoms with Crippen LogP contribution in [0.2, 0.25) is 0 Å². The van der Waals surface area contributed by atoms with Gasteiger partial charge in [-0.2, -0.15) is 0 Å². The fourth-order valence-corrected chi connectivity index (χ4v) is 5.42. The van der Waals surface area contributed by atoms with Gasteiger partial charge in [0.1, 0.15) is 11.5 Å². The predicted molar refractivity (Wildman–Crippen MR) is 152 cm³/mol. The maximum atomic E-state index is 12.8. The number of carboxylic acid groups (broad SMARTS) is 1. The lowest BCUT2D eigenvalue weighted by Crippen LogP contribution is -2.36. The smallest absolute Gasteiger partial charge is 0.303 e. The van der Waals surface area contributed by atoms with Crippen molar-refractivity contribution in [3.05, 3.63) is 83.9 Å². The van der Waals surface area contributed by atoms with Crippen LogP contribution in [0.15, 0.2) is 72.8 Å². The molecule has 3 aromatic carbocycles. The van der Waals surface area contributed by atoms with E-state index in [2.05, 4.69) is 10.2 Å². The van der Waals surface area contributed by atoms with Crippen molar-refractivity contribution >= 4 is 23.3 Å². The quantitative estimate of drug-likeness (QED) is 0.308. The van der Waals surface area contributed by atoms with Gasteiger partial charge in [0.05, 0.1) is 31.5 Å². The third-order valence-corrected chi connectivity index (χ3v) is 7.80. The molecule has 0 spiro atoms. The third-order valence-electron chi connectivity index (χ3n) is 7.80. The zero-order valence-corrected chi connectivity index (χ0v) is 22.3. The summed E-state index contributed by atoms with van der Waals surface area (Å²) >= 11 is 0. The average molecular weight is 529 g/mol. The highest BCUT2D eigenvalue weighted by molar-refractivity contribution is 6.06. The van der Waals surface area contributed by atoms with Crippen LogP contribution in [-0.4, -0.2) is 43.8 Å². The Hall–Kier alpha value is -4.00. The Balaban J connectivity index is 1.19. The molecular formula is C32H36N2O5. The van der Waals surface area contributed by atoms with Gasteiger partial charge >= 0.3 is 5.97 Å². The van der Waals surface area contributed by atoms with Crippen LogP contribution in [-0.2, 0) is 4.79 Å². The number of anilines is 2. The summed E-state index contributed by atoms with van der Waals surface area (Å²) in [4.78, 5) is 26.5. The van der Waals surface area contributed by atoms with Crippen LogP contribution in [0.3, 0.4) is 0 Å². The van der Waals surface area contributed by atoms with Gasteiger partial charge in [-0.25, -0.2) is 0 Å². The number of nitrogens with one attached hydrogen (secondary N) is 1. The van der Waals surface area contributed by atoms with Gasteiger partial charge in [-0.3, -0.25) is 9.59 Å². The Bertz CT molecular complexity index is 1280. The highest BCUT2D eigenvalue weighted by Crippen LogP contribution is 2.45. The molecule has 2 aliphatic rings. The van der Waals surface area contributed by atoms with Gasteiger partial charge in [0.25, 0.3) is 5.91 Å². The molecule has 1 unspecified atom stereocenters. The predicted octanol–water partition coefficient (Wildman–Crippen LogP) is 6.21. The van der Waals surface area contributed by atoms with E-state index in [9.17, 15) is 14.7 Å². The number of piperidine rings is 1. The van der Waals surface area contributed by atoms with Crippen molar-refractivity contribution in [2.24, 2.45) is 11.8 Å². The number of ether oxygens (including phenoxy) is 2. The van der Waals surface area contributed by atoms with Crippen LogP contribution in [0, 0.1) is 11.8 Å². The fraction of sp³-hybridized carbons (Fsp3) is 0.375. The maximum Gasteiger partial charge on any atom is 0.303 e. The third kappa shape index (κ3) is 6.91. The highest BCUT2D eigenvalue weighted by Gasteiger charge is 2.34. The zero-order valence-electron chi connectivity index (χ0n) is 22.3. The van der Waals surface area contributed by atoms with E-state index in [1.165, 1.54) is 0 Å². The molecule has 204 valence electrons. The SMILES string of the molecule is COc1ccc(NC(=O)c2ccccc2)c(N2CCC(COc3cccc(C(CC(=O)O)C4CC4)c3)CC2)c1. The second-order valence-electron chi connectivity index (χ2n) is 10.6. The van der Waals surface area contributed by atoms with E-state index in [-0.39, 0.29) is 18.2 Å². The molecule has 0 aromatic heterocycles. The largest absolute Gasteiger partial charge is 0.497 e. The first-order valence-corrected chi connectivity index (χ1v) is 13.7. The van der Waals surface area contributed by atoms with Crippen molar-refractivity contribution in [3.63, 3.8) is 0 Å². The van der Waals surface area contributed by atoms with Gasteiger partial charge in [-0.05, 0) is 85.4 Å². The average Bonchev–Trinajstić information content (AvgIpc) is 3.81. The first-order valence-electron chi connectivity index (χ1n) is 13.7. The molecule has 0 bridgehead atoms. The van der Waals surface area contributed by atoms with E-state index < -0.39 is 5.97 Å². The molecule has 1 saturated heterocycles. The minimum absolute atomic E-state index is 0.0636. The molecule has 3 aromatic rings. The molecule has 1 aliphatic carbocycles. The summed E-state index contributed by atoms with van der Waals surface area (Å²) in [6, 6.07) is 22.9. The molecule has 1 amide bonds. The summed E-state index contributed by atoms with van der Waals surface area (Å²) in [5.74, 6) is 1.62. The number of hydrogen-bond acceptors (Lipinski definition) is 5. The Morgan fingerprint density at radius 3 is 2.41 bits per heavy atom. The Labute approximate surface area is 229 Å². The molecule has 2 fully saturated rings. The van der Waals surface area contributed by atoms with Crippen molar-refractivity contribution in [1.29, 1.82) is 0 Å². The number of benzene rings is 3. The topological polar surface area (TPSA) is 88.1 Å². The van der Waals surface area contributed by atoms with Gasteiger partial charge in [-0.15, -0.1) is 0 Å². The van der Waals surface area contributed by atoms with Crippen molar-refractivity contribution < 1.29 is 24.2 Å². The summed E-state index contributed by atoms with van der Waals surface area (Å²) in [6.07, 6.45) is 4.31. The molecule has 1 aliphatic heterocycles. The maximum absolute atomic E-state index is 12.8. The van der Waals surface area contributed by atoms with Crippen LogP contribution < -0.4 is 19.7 Å². The summed E-state index contributed by atoms with van der Waals surface area (Å²) < 4.78 is 11.7. The van der Waals surface area contributed by atoms with E-state index in [4.69, 9.17) is 9.47 Å². The molecular weight excluding hydrogens is 492 g/mol. The number of amides is 1. The van der Waals surface area contributed by atoms with Crippen LogP contribution in [0.5, 0.6) is 11.5 Å². The van der Waals surface area contributed by atoms with E-state index in [0.717, 1.165) is 67.2 Å². The van der Waals surface area contributed by atoms with Crippen molar-refractivity contribution in [1.82, 2.24) is 0 Å². The van der Waals surface area contributed by atoms with Gasteiger partial charge in [0, 0.05) is 24.7 Å². The number of aliphatic carboxylic acids is 1. The number of nitrogens with zero attached hydrogens (tertiary/aromatic N) is 1. The Morgan fingerprint density at radius 1 is 0.949 bits per heavy atom. The van der Waals surface area contributed by atoms with E-state index in [1.54, 1.807) is 19.2 Å². The van der Waals surface area contributed by atoms with Crippen LogP contribution in [0.25, 0.3) is 0 Å². The van der Waals surface area contributed by atoms with E-state index in [0.29, 0.717) is 24.0 Å². The zero-order chi connectivity index (χ0) is 27.2.